The summed E-state index contributed by atoms with van der Waals surface area (Å²) in [6.07, 6.45) is 12.7. The molecule has 0 aromatic carbocycles. The molecule has 5 heterocycles. The number of likely N-dealkylation sites (tertiary alicyclic amines) is 1. The van der Waals surface area contributed by atoms with E-state index in [1.165, 1.54) is 12.8 Å². The molecule has 3 atom stereocenters. The zero-order chi connectivity index (χ0) is 28.3. The lowest BCUT2D eigenvalue weighted by Crippen LogP contribution is -2.43. The molecule has 3 aliphatic heterocycles. The van der Waals surface area contributed by atoms with Crippen LogP contribution in [0.3, 0.4) is 0 Å². The van der Waals surface area contributed by atoms with E-state index in [-0.39, 0.29) is 11.5 Å². The predicted molar refractivity (Wildman–Crippen MR) is 162 cm³/mol. The molecule has 7 heteroatoms. The van der Waals surface area contributed by atoms with Crippen LogP contribution in [0.4, 0.5) is 0 Å². The van der Waals surface area contributed by atoms with Gasteiger partial charge in [0.15, 0.2) is 0 Å². The van der Waals surface area contributed by atoms with Crippen molar-refractivity contribution < 1.29 is 4.74 Å². The summed E-state index contributed by atoms with van der Waals surface area (Å²) < 4.78 is 8.54. The second-order valence-electron chi connectivity index (χ2n) is 12.4. The molecule has 0 amide bonds. The Hall–Kier alpha value is -3.06. The first-order valence-electron chi connectivity index (χ1n) is 15.2. The van der Waals surface area contributed by atoms with E-state index in [2.05, 4.69) is 77.0 Å². The molecule has 2 fully saturated rings. The molecule has 7 nitrogen and oxygen atoms in total. The van der Waals surface area contributed by atoms with Crippen molar-refractivity contribution in [3.63, 3.8) is 0 Å². The van der Waals surface area contributed by atoms with Crippen LogP contribution in [0.1, 0.15) is 75.4 Å². The predicted octanol–water partition coefficient (Wildman–Crippen LogP) is 5.98. The van der Waals surface area contributed by atoms with Gasteiger partial charge in [-0.3, -0.25) is 4.98 Å². The van der Waals surface area contributed by atoms with Gasteiger partial charge in [-0.2, -0.15) is 5.10 Å². The lowest BCUT2D eigenvalue weighted by Gasteiger charge is -2.45. The van der Waals surface area contributed by atoms with Gasteiger partial charge in [-0.1, -0.05) is 26.1 Å². The summed E-state index contributed by atoms with van der Waals surface area (Å²) in [6, 6.07) is 6.63. The number of rotatable bonds is 3. The number of pyridine rings is 1. The van der Waals surface area contributed by atoms with Crippen LogP contribution in [0.2, 0.25) is 0 Å². The topological polar surface area (TPSA) is 49.7 Å². The van der Waals surface area contributed by atoms with Crippen LogP contribution in [0, 0.1) is 12.8 Å². The highest BCUT2D eigenvalue weighted by molar-refractivity contribution is 5.49. The van der Waals surface area contributed by atoms with E-state index in [0.29, 0.717) is 12.5 Å². The average Bonchev–Trinajstić information content (AvgIpc) is 3.58. The first kappa shape index (κ1) is 28.5. The Bertz CT molecular complexity index is 1220. The zero-order valence-electron chi connectivity index (χ0n) is 25.1. The molecule has 2 unspecified atom stereocenters. The third-order valence-corrected chi connectivity index (χ3v) is 9.19. The van der Waals surface area contributed by atoms with Gasteiger partial charge in [0, 0.05) is 75.4 Å². The Morgan fingerprint density at radius 2 is 1.98 bits per heavy atom. The number of piperidine rings is 1. The first-order valence-corrected chi connectivity index (χ1v) is 15.2. The standard InChI is InChI=1S/C33H48N6O/c1-25-14-18-37(23-25)26(2)21-32-36(6)16-9-10-19-40-24-33(5,29-12-11-15-34-22-29)28(4)38-17-8-7-13-31(38)30-20-27(3)39(32)35-30/h11-12,15,20-22,25,31H,2,4,7-10,13-14,16-19,23-24H2,1,3,5-6H3/b32-21-/t25-,31?,33?/m0/s1. The van der Waals surface area contributed by atoms with Crippen LogP contribution < -0.4 is 0 Å². The van der Waals surface area contributed by atoms with Crippen molar-refractivity contribution >= 4 is 5.82 Å². The van der Waals surface area contributed by atoms with Gasteiger partial charge in [-0.25, -0.2) is 4.68 Å². The molecule has 5 rings (SSSR count). The second kappa shape index (κ2) is 12.2. The summed E-state index contributed by atoms with van der Waals surface area (Å²) in [6.45, 7) is 21.3. The van der Waals surface area contributed by atoms with Crippen LogP contribution in [0.25, 0.3) is 5.82 Å². The summed E-state index contributed by atoms with van der Waals surface area (Å²) in [5, 5.41) is 5.31. The van der Waals surface area contributed by atoms with E-state index < -0.39 is 0 Å². The molecule has 40 heavy (non-hydrogen) atoms. The van der Waals surface area contributed by atoms with E-state index in [4.69, 9.17) is 16.4 Å². The molecule has 0 radical (unpaired) electrons. The second-order valence-corrected chi connectivity index (χ2v) is 12.4. The van der Waals surface area contributed by atoms with Crippen LogP contribution in [-0.4, -0.2) is 75.9 Å². The number of aromatic nitrogens is 3. The highest BCUT2D eigenvalue weighted by Crippen LogP contribution is 2.41. The summed E-state index contributed by atoms with van der Waals surface area (Å²) in [5.41, 5.74) is 5.21. The Morgan fingerprint density at radius 3 is 2.73 bits per heavy atom. The molecule has 2 bridgehead atoms. The van der Waals surface area contributed by atoms with E-state index in [1.807, 2.05) is 18.5 Å². The summed E-state index contributed by atoms with van der Waals surface area (Å²) in [4.78, 5) is 11.7. The van der Waals surface area contributed by atoms with Gasteiger partial charge in [0.2, 0.25) is 0 Å². The van der Waals surface area contributed by atoms with Gasteiger partial charge in [-0.05, 0) is 76.0 Å². The van der Waals surface area contributed by atoms with E-state index in [1.54, 1.807) is 0 Å². The average molecular weight is 545 g/mol. The minimum absolute atomic E-state index is 0.177. The van der Waals surface area contributed by atoms with Crippen LogP contribution >= 0.6 is 0 Å². The summed E-state index contributed by atoms with van der Waals surface area (Å²) in [7, 11) is 2.18. The van der Waals surface area contributed by atoms with Crippen molar-refractivity contribution in [1.82, 2.24) is 29.5 Å². The Kier molecular flexibility index (Phi) is 8.69. The van der Waals surface area contributed by atoms with Crippen molar-refractivity contribution in [3.05, 3.63) is 78.2 Å². The smallest absolute Gasteiger partial charge is 0.132 e. The molecule has 0 spiro atoms. The highest BCUT2D eigenvalue weighted by atomic mass is 16.5. The molecule has 2 aromatic rings. The Morgan fingerprint density at radius 1 is 1.15 bits per heavy atom. The fraction of sp³-hybridized carbons (Fsp3) is 0.576. The highest BCUT2D eigenvalue weighted by Gasteiger charge is 2.38. The molecule has 2 aromatic heterocycles. The third kappa shape index (κ3) is 5.85. The van der Waals surface area contributed by atoms with E-state index in [9.17, 15) is 0 Å². The molecule has 3 aliphatic rings. The van der Waals surface area contributed by atoms with Gasteiger partial charge >= 0.3 is 0 Å². The maximum Gasteiger partial charge on any atom is 0.132 e. The number of aryl methyl sites for hydroxylation is 1. The minimum atomic E-state index is -0.367. The van der Waals surface area contributed by atoms with Crippen LogP contribution in [-0.2, 0) is 10.2 Å². The molecular formula is C33H48N6O. The van der Waals surface area contributed by atoms with Crippen molar-refractivity contribution in [2.24, 2.45) is 5.92 Å². The SMILES string of the molecule is C=C(/C=C1/N(C)CCCCOCC(C)(c2cccnc2)C(=C)N2CCCCC2c2cc(C)n1n2)N1CC[C@H](C)C1. The molecular weight excluding hydrogens is 496 g/mol. The molecule has 0 saturated carbocycles. The number of fused-ring (bicyclic) bond motifs is 4. The normalized spacial score (nSPS) is 27.9. The van der Waals surface area contributed by atoms with Gasteiger partial charge < -0.3 is 19.4 Å². The largest absolute Gasteiger partial charge is 0.380 e. The van der Waals surface area contributed by atoms with Crippen molar-refractivity contribution in [2.75, 3.05) is 46.4 Å². The Balaban J connectivity index is 1.54. The number of nitrogens with zero attached hydrogens (tertiary/aromatic N) is 6. The van der Waals surface area contributed by atoms with Gasteiger partial charge in [0.05, 0.1) is 23.8 Å². The van der Waals surface area contributed by atoms with Gasteiger partial charge in [-0.15, -0.1) is 0 Å². The number of ether oxygens (including phenoxy) is 1. The first-order chi connectivity index (χ1) is 19.3. The van der Waals surface area contributed by atoms with Gasteiger partial charge in [0.25, 0.3) is 0 Å². The summed E-state index contributed by atoms with van der Waals surface area (Å²) in [5.74, 6) is 1.80. The van der Waals surface area contributed by atoms with Crippen molar-refractivity contribution in [2.45, 2.75) is 70.8 Å². The quantitative estimate of drug-likeness (QED) is 0.474. The van der Waals surface area contributed by atoms with Crippen molar-refractivity contribution in [3.8, 4) is 0 Å². The van der Waals surface area contributed by atoms with E-state index in [0.717, 1.165) is 92.6 Å². The molecule has 0 aliphatic carbocycles. The Labute approximate surface area is 241 Å². The maximum absolute atomic E-state index is 6.39. The fourth-order valence-electron chi connectivity index (χ4n) is 6.51. The molecule has 2 saturated heterocycles. The number of hydrogen-bond donors (Lipinski definition) is 0. The lowest BCUT2D eigenvalue weighted by atomic mass is 9.79. The minimum Gasteiger partial charge on any atom is -0.380 e. The monoisotopic (exact) mass is 544 g/mol. The molecule has 216 valence electrons. The van der Waals surface area contributed by atoms with Crippen molar-refractivity contribution in [1.29, 1.82) is 0 Å². The maximum atomic E-state index is 6.39. The van der Waals surface area contributed by atoms with Crippen LogP contribution in [0.5, 0.6) is 0 Å². The van der Waals surface area contributed by atoms with E-state index >= 15 is 0 Å². The number of allylic oxidation sites excluding steroid dienone is 1. The molecule has 0 N–H and O–H groups in total. The lowest BCUT2D eigenvalue weighted by molar-refractivity contribution is 0.0742. The number of hydrogen-bond acceptors (Lipinski definition) is 6. The zero-order valence-corrected chi connectivity index (χ0v) is 25.1. The van der Waals surface area contributed by atoms with Gasteiger partial charge in [0.1, 0.15) is 5.82 Å². The fourth-order valence-corrected chi connectivity index (χ4v) is 6.51. The summed E-state index contributed by atoms with van der Waals surface area (Å²) >= 11 is 0. The third-order valence-electron chi connectivity index (χ3n) is 9.19. The van der Waals surface area contributed by atoms with Crippen LogP contribution in [0.15, 0.2) is 61.2 Å².